The molecular formula is C10H12N6O2. The summed E-state index contributed by atoms with van der Waals surface area (Å²) in [5.41, 5.74) is 11.4. The molecule has 0 radical (unpaired) electrons. The Bertz CT molecular complexity index is 579. The van der Waals surface area contributed by atoms with Gasteiger partial charge >= 0.3 is 0 Å². The maximum atomic E-state index is 11.2. The lowest BCUT2D eigenvalue weighted by atomic mass is 10.2. The highest BCUT2D eigenvalue weighted by molar-refractivity contribution is 5.98. The topological polar surface area (TPSA) is 133 Å². The van der Waals surface area contributed by atoms with Crippen LogP contribution in [0.25, 0.3) is 0 Å². The van der Waals surface area contributed by atoms with Gasteiger partial charge < -0.3 is 21.3 Å². The molecule has 0 aromatic carbocycles. The molecule has 0 aliphatic heterocycles. The fraction of sp³-hybridized carbons (Fsp3) is 0.200. The number of carbonyl (C=O) groups excluding carboxylic acids is 1. The van der Waals surface area contributed by atoms with Crippen LogP contribution in [-0.2, 0) is 6.54 Å². The predicted molar refractivity (Wildman–Crippen MR) is 63.5 cm³/mol. The molecule has 0 aliphatic carbocycles. The SMILES string of the molecule is Cc1nc(CNc2ncc(N)cc2C(N)=O)no1. The van der Waals surface area contributed by atoms with Crippen molar-refractivity contribution in [1.82, 2.24) is 15.1 Å². The number of nitrogens with zero attached hydrogens (tertiary/aromatic N) is 3. The van der Waals surface area contributed by atoms with Crippen LogP contribution in [0.3, 0.4) is 0 Å². The van der Waals surface area contributed by atoms with E-state index in [4.69, 9.17) is 16.0 Å². The average molecular weight is 248 g/mol. The molecule has 2 heterocycles. The molecule has 0 fully saturated rings. The molecule has 1 amide bonds. The number of aromatic nitrogens is 3. The second-order valence-electron chi connectivity index (χ2n) is 3.61. The summed E-state index contributed by atoms with van der Waals surface area (Å²) in [5.74, 6) is 0.648. The van der Waals surface area contributed by atoms with E-state index in [2.05, 4.69) is 20.4 Å². The number of aryl methyl sites for hydroxylation is 1. The minimum absolute atomic E-state index is 0.218. The van der Waals surface area contributed by atoms with Crippen LogP contribution in [0, 0.1) is 6.92 Å². The van der Waals surface area contributed by atoms with E-state index in [1.807, 2.05) is 0 Å². The number of nitrogen functional groups attached to an aromatic ring is 1. The number of anilines is 2. The molecule has 0 aliphatic rings. The van der Waals surface area contributed by atoms with Crippen molar-refractivity contribution in [1.29, 1.82) is 0 Å². The van der Waals surface area contributed by atoms with Gasteiger partial charge in [0.15, 0.2) is 5.82 Å². The molecular weight excluding hydrogens is 236 g/mol. The Morgan fingerprint density at radius 2 is 2.33 bits per heavy atom. The van der Waals surface area contributed by atoms with Crippen LogP contribution in [0.4, 0.5) is 11.5 Å². The molecule has 0 spiro atoms. The molecule has 5 N–H and O–H groups in total. The zero-order valence-corrected chi connectivity index (χ0v) is 9.67. The van der Waals surface area contributed by atoms with Gasteiger partial charge in [-0.25, -0.2) is 4.98 Å². The van der Waals surface area contributed by atoms with Crippen molar-refractivity contribution in [2.24, 2.45) is 5.73 Å². The van der Waals surface area contributed by atoms with Crippen LogP contribution in [0.1, 0.15) is 22.1 Å². The number of primary amides is 1. The number of pyridine rings is 1. The monoisotopic (exact) mass is 248 g/mol. The molecule has 8 nitrogen and oxygen atoms in total. The standard InChI is InChI=1S/C10H12N6O2/c1-5-15-8(16-18-5)4-14-10-7(9(12)17)2-6(11)3-13-10/h2-3H,4,11H2,1H3,(H2,12,17)(H,13,14). The highest BCUT2D eigenvalue weighted by Gasteiger charge is 2.11. The van der Waals surface area contributed by atoms with E-state index in [-0.39, 0.29) is 12.1 Å². The quantitative estimate of drug-likeness (QED) is 0.696. The summed E-state index contributed by atoms with van der Waals surface area (Å²) in [6.45, 7) is 1.96. The number of nitrogens with two attached hydrogens (primary N) is 2. The van der Waals surface area contributed by atoms with Crippen molar-refractivity contribution >= 4 is 17.4 Å². The second-order valence-corrected chi connectivity index (χ2v) is 3.61. The Labute approximate surface area is 102 Å². The third-order valence-electron chi connectivity index (χ3n) is 2.16. The summed E-state index contributed by atoms with van der Waals surface area (Å²) in [6, 6.07) is 1.46. The van der Waals surface area contributed by atoms with Crippen LogP contribution >= 0.6 is 0 Å². The fourth-order valence-corrected chi connectivity index (χ4v) is 1.39. The molecule has 0 atom stereocenters. The number of amides is 1. The van der Waals surface area contributed by atoms with Gasteiger partial charge in [-0.3, -0.25) is 4.79 Å². The van der Waals surface area contributed by atoms with E-state index in [0.29, 0.717) is 23.2 Å². The normalized spacial score (nSPS) is 10.3. The number of rotatable bonds is 4. The van der Waals surface area contributed by atoms with E-state index < -0.39 is 5.91 Å². The lowest BCUT2D eigenvalue weighted by Gasteiger charge is -2.07. The molecule has 18 heavy (non-hydrogen) atoms. The van der Waals surface area contributed by atoms with Crippen LogP contribution in [0.15, 0.2) is 16.8 Å². The summed E-state index contributed by atoms with van der Waals surface area (Å²) in [5, 5.41) is 6.60. The van der Waals surface area contributed by atoms with Gasteiger partial charge in [0.25, 0.3) is 5.91 Å². The number of hydrogen-bond donors (Lipinski definition) is 3. The fourth-order valence-electron chi connectivity index (χ4n) is 1.39. The molecule has 0 unspecified atom stereocenters. The lowest BCUT2D eigenvalue weighted by Crippen LogP contribution is -2.16. The molecule has 0 saturated carbocycles. The highest BCUT2D eigenvalue weighted by atomic mass is 16.5. The average Bonchev–Trinajstić information content (AvgIpc) is 2.73. The van der Waals surface area contributed by atoms with Crippen LogP contribution in [0.5, 0.6) is 0 Å². The maximum absolute atomic E-state index is 11.2. The van der Waals surface area contributed by atoms with Crippen molar-refractivity contribution in [3.8, 4) is 0 Å². The summed E-state index contributed by atoms with van der Waals surface area (Å²) >= 11 is 0. The minimum atomic E-state index is -0.610. The Morgan fingerprint density at radius 3 is 2.94 bits per heavy atom. The van der Waals surface area contributed by atoms with Gasteiger partial charge in [0.05, 0.1) is 24.0 Å². The summed E-state index contributed by atoms with van der Waals surface area (Å²) in [4.78, 5) is 19.2. The summed E-state index contributed by atoms with van der Waals surface area (Å²) < 4.78 is 4.82. The van der Waals surface area contributed by atoms with Gasteiger partial charge in [-0.05, 0) is 6.07 Å². The number of nitrogens with one attached hydrogen (secondary N) is 1. The van der Waals surface area contributed by atoms with Gasteiger partial charge in [-0.15, -0.1) is 0 Å². The first-order chi connectivity index (χ1) is 8.56. The molecule has 0 bridgehead atoms. The Kier molecular flexibility index (Phi) is 3.09. The minimum Gasteiger partial charge on any atom is -0.397 e. The van der Waals surface area contributed by atoms with Crippen LogP contribution in [0.2, 0.25) is 0 Å². The Balaban J connectivity index is 2.16. The zero-order valence-electron chi connectivity index (χ0n) is 9.67. The van der Waals surface area contributed by atoms with Gasteiger partial charge in [-0.2, -0.15) is 4.98 Å². The highest BCUT2D eigenvalue weighted by Crippen LogP contribution is 2.15. The van der Waals surface area contributed by atoms with Crippen molar-refractivity contribution < 1.29 is 9.32 Å². The molecule has 8 heteroatoms. The third-order valence-corrected chi connectivity index (χ3v) is 2.16. The van der Waals surface area contributed by atoms with Crippen molar-refractivity contribution in [3.63, 3.8) is 0 Å². The van der Waals surface area contributed by atoms with E-state index in [1.54, 1.807) is 6.92 Å². The largest absolute Gasteiger partial charge is 0.397 e. The Hall–Kier alpha value is -2.64. The van der Waals surface area contributed by atoms with Crippen molar-refractivity contribution in [2.45, 2.75) is 13.5 Å². The number of carbonyl (C=O) groups is 1. The summed E-state index contributed by atoms with van der Waals surface area (Å²) in [6.07, 6.45) is 1.43. The lowest BCUT2D eigenvalue weighted by molar-refractivity contribution is 0.100. The molecule has 2 aromatic rings. The number of hydrogen-bond acceptors (Lipinski definition) is 7. The van der Waals surface area contributed by atoms with Gasteiger partial charge in [0.1, 0.15) is 5.82 Å². The molecule has 94 valence electrons. The zero-order chi connectivity index (χ0) is 13.1. The van der Waals surface area contributed by atoms with E-state index in [0.717, 1.165) is 0 Å². The van der Waals surface area contributed by atoms with E-state index in [1.165, 1.54) is 12.3 Å². The molecule has 2 aromatic heterocycles. The first kappa shape index (κ1) is 11.8. The second kappa shape index (κ2) is 4.70. The maximum Gasteiger partial charge on any atom is 0.252 e. The Morgan fingerprint density at radius 1 is 1.56 bits per heavy atom. The molecule has 0 saturated heterocycles. The summed E-state index contributed by atoms with van der Waals surface area (Å²) in [7, 11) is 0. The van der Waals surface area contributed by atoms with Crippen molar-refractivity contribution in [3.05, 3.63) is 29.5 Å². The van der Waals surface area contributed by atoms with E-state index >= 15 is 0 Å². The van der Waals surface area contributed by atoms with Crippen molar-refractivity contribution in [2.75, 3.05) is 11.1 Å². The van der Waals surface area contributed by atoms with Gasteiger partial charge in [0, 0.05) is 6.92 Å². The van der Waals surface area contributed by atoms with Crippen LogP contribution < -0.4 is 16.8 Å². The van der Waals surface area contributed by atoms with Crippen LogP contribution in [-0.4, -0.2) is 21.0 Å². The third kappa shape index (κ3) is 2.54. The first-order valence-electron chi connectivity index (χ1n) is 5.14. The first-order valence-corrected chi connectivity index (χ1v) is 5.14. The molecule has 2 rings (SSSR count). The van der Waals surface area contributed by atoms with E-state index in [9.17, 15) is 4.79 Å². The smallest absolute Gasteiger partial charge is 0.252 e. The predicted octanol–water partition coefficient (Wildman–Crippen LogP) is 0.0662. The van der Waals surface area contributed by atoms with Gasteiger partial charge in [-0.1, -0.05) is 5.16 Å². The van der Waals surface area contributed by atoms with Gasteiger partial charge in [0.2, 0.25) is 5.89 Å².